The van der Waals surface area contributed by atoms with Gasteiger partial charge in [0.2, 0.25) is 0 Å². The van der Waals surface area contributed by atoms with Crippen LogP contribution in [0.4, 0.5) is 17.1 Å². The number of benzene rings is 3. The van der Waals surface area contributed by atoms with Gasteiger partial charge in [0.05, 0.1) is 4.92 Å². The Morgan fingerprint density at radius 3 is 2.25 bits per heavy atom. The summed E-state index contributed by atoms with van der Waals surface area (Å²) in [5.74, 6) is -0.604. The van der Waals surface area contributed by atoms with Gasteiger partial charge < -0.3 is 15.0 Å². The van der Waals surface area contributed by atoms with E-state index in [1.54, 1.807) is 35.2 Å². The van der Waals surface area contributed by atoms with Crippen LogP contribution in [0.5, 0.6) is 5.75 Å². The topological polar surface area (TPSA) is 102 Å². The van der Waals surface area contributed by atoms with Crippen molar-refractivity contribution in [3.8, 4) is 5.75 Å². The van der Waals surface area contributed by atoms with Gasteiger partial charge in [0.15, 0.2) is 11.9 Å². The van der Waals surface area contributed by atoms with Gasteiger partial charge in [0.1, 0.15) is 0 Å². The van der Waals surface area contributed by atoms with Crippen LogP contribution in [0, 0.1) is 10.1 Å². The molecule has 0 heterocycles. The number of nitro groups is 1. The van der Waals surface area contributed by atoms with E-state index in [1.807, 2.05) is 37.3 Å². The number of nitro benzene ring substituents is 1. The number of nitrogens with one attached hydrogen (secondary N) is 1. The van der Waals surface area contributed by atoms with E-state index in [2.05, 4.69) is 5.32 Å². The Morgan fingerprint density at radius 2 is 1.62 bits per heavy atom. The van der Waals surface area contributed by atoms with Crippen LogP contribution in [0.15, 0.2) is 78.9 Å². The number of rotatable bonds is 8. The number of amides is 2. The molecule has 0 spiro atoms. The Bertz CT molecular complexity index is 1100. The monoisotopic (exact) mass is 433 g/mol. The normalized spacial score (nSPS) is 11.3. The Kier molecular flexibility index (Phi) is 7.17. The first kappa shape index (κ1) is 22.5. The molecule has 8 nitrogen and oxygen atoms in total. The van der Waals surface area contributed by atoms with E-state index < -0.39 is 16.9 Å². The third kappa shape index (κ3) is 5.28. The minimum atomic E-state index is -0.967. The van der Waals surface area contributed by atoms with Crippen LogP contribution in [-0.4, -0.2) is 29.4 Å². The fraction of sp³-hybridized carbons (Fsp3) is 0.167. The first-order valence-corrected chi connectivity index (χ1v) is 10.1. The lowest BCUT2D eigenvalue weighted by Crippen LogP contribution is -2.31. The third-order valence-corrected chi connectivity index (χ3v) is 4.76. The lowest BCUT2D eigenvalue weighted by molar-refractivity contribution is -0.386. The minimum Gasteiger partial charge on any atom is -0.474 e. The highest BCUT2D eigenvalue weighted by Gasteiger charge is 2.21. The molecule has 0 saturated carbocycles. The number of para-hydroxylation sites is 3. The zero-order valence-corrected chi connectivity index (χ0v) is 17.7. The van der Waals surface area contributed by atoms with Gasteiger partial charge in [0.25, 0.3) is 11.8 Å². The van der Waals surface area contributed by atoms with Gasteiger partial charge in [-0.1, -0.05) is 30.3 Å². The van der Waals surface area contributed by atoms with Gasteiger partial charge in [-0.15, -0.1) is 0 Å². The Morgan fingerprint density at radius 1 is 1.00 bits per heavy atom. The molecule has 1 N–H and O–H groups in total. The highest BCUT2D eigenvalue weighted by atomic mass is 16.6. The molecule has 3 aromatic rings. The number of ether oxygens (including phenoxy) is 1. The first-order chi connectivity index (χ1) is 15.4. The summed E-state index contributed by atoms with van der Waals surface area (Å²) in [6, 6.07) is 21.8. The summed E-state index contributed by atoms with van der Waals surface area (Å²) in [5, 5.41) is 13.8. The van der Waals surface area contributed by atoms with Gasteiger partial charge >= 0.3 is 5.69 Å². The van der Waals surface area contributed by atoms with Crippen molar-refractivity contribution in [2.75, 3.05) is 16.8 Å². The molecule has 164 valence electrons. The summed E-state index contributed by atoms with van der Waals surface area (Å²) in [7, 11) is 0. The Balaban J connectivity index is 1.65. The maximum Gasteiger partial charge on any atom is 0.310 e. The molecule has 0 saturated heterocycles. The molecule has 1 atom stereocenters. The molecule has 3 rings (SSSR count). The van der Waals surface area contributed by atoms with E-state index in [9.17, 15) is 19.7 Å². The quantitative estimate of drug-likeness (QED) is 0.411. The fourth-order valence-corrected chi connectivity index (χ4v) is 3.10. The predicted molar refractivity (Wildman–Crippen MR) is 122 cm³/mol. The van der Waals surface area contributed by atoms with Gasteiger partial charge in [0, 0.05) is 29.5 Å². The maximum atomic E-state index is 12.9. The summed E-state index contributed by atoms with van der Waals surface area (Å²) in [6.45, 7) is 3.92. The second-order valence-corrected chi connectivity index (χ2v) is 6.94. The van der Waals surface area contributed by atoms with Gasteiger partial charge in [-0.25, -0.2) is 0 Å². The smallest absolute Gasteiger partial charge is 0.310 e. The Hall–Kier alpha value is -4.20. The molecule has 3 aromatic carbocycles. The SMILES string of the molecule is CCN(C(=O)c1ccc(NC(=O)C(C)Oc2ccccc2[N+](=O)[O-])cc1)c1ccccc1. The standard InChI is InChI=1S/C24H23N3O5/c1-3-26(20-9-5-4-6-10-20)24(29)18-13-15-19(16-14-18)25-23(28)17(2)32-22-12-8-7-11-21(22)27(30)31/h4-17H,3H2,1-2H3,(H,25,28). The number of nitrogens with zero attached hydrogens (tertiary/aromatic N) is 2. The van der Waals surface area contributed by atoms with E-state index in [4.69, 9.17) is 4.74 Å². The van der Waals surface area contributed by atoms with Gasteiger partial charge in [-0.2, -0.15) is 0 Å². The zero-order valence-electron chi connectivity index (χ0n) is 17.7. The lowest BCUT2D eigenvalue weighted by atomic mass is 10.1. The molecular formula is C24H23N3O5. The zero-order chi connectivity index (χ0) is 23.1. The number of hydrogen-bond donors (Lipinski definition) is 1. The summed E-state index contributed by atoms with van der Waals surface area (Å²) in [5.41, 5.74) is 1.55. The van der Waals surface area contributed by atoms with E-state index in [0.717, 1.165) is 5.69 Å². The van der Waals surface area contributed by atoms with Crippen LogP contribution in [0.25, 0.3) is 0 Å². The second-order valence-electron chi connectivity index (χ2n) is 6.94. The molecule has 2 amide bonds. The molecule has 0 aromatic heterocycles. The average molecular weight is 433 g/mol. The Labute approximate surface area is 185 Å². The van der Waals surface area contributed by atoms with Crippen LogP contribution >= 0.6 is 0 Å². The highest BCUT2D eigenvalue weighted by Crippen LogP contribution is 2.27. The van der Waals surface area contributed by atoms with E-state index in [0.29, 0.717) is 17.8 Å². The molecule has 0 bridgehead atoms. The molecule has 0 aliphatic rings. The van der Waals surface area contributed by atoms with Crippen molar-refractivity contribution in [1.82, 2.24) is 0 Å². The van der Waals surface area contributed by atoms with Crippen LogP contribution in [0.2, 0.25) is 0 Å². The van der Waals surface area contributed by atoms with Gasteiger partial charge in [-0.05, 0) is 56.3 Å². The fourth-order valence-electron chi connectivity index (χ4n) is 3.10. The number of carbonyl (C=O) groups excluding carboxylic acids is 2. The number of carbonyl (C=O) groups is 2. The number of anilines is 2. The molecule has 8 heteroatoms. The molecule has 1 unspecified atom stereocenters. The van der Waals surface area contributed by atoms with Crippen molar-refractivity contribution >= 4 is 28.9 Å². The summed E-state index contributed by atoms with van der Waals surface area (Å²) < 4.78 is 5.48. The van der Waals surface area contributed by atoms with Crippen LogP contribution in [0.3, 0.4) is 0 Å². The second kappa shape index (κ2) is 10.2. The van der Waals surface area contributed by atoms with Crippen molar-refractivity contribution in [3.63, 3.8) is 0 Å². The summed E-state index contributed by atoms with van der Waals surface area (Å²) in [4.78, 5) is 37.6. The van der Waals surface area contributed by atoms with Crippen molar-refractivity contribution in [2.24, 2.45) is 0 Å². The molecule has 0 aliphatic heterocycles. The van der Waals surface area contributed by atoms with Crippen LogP contribution in [0.1, 0.15) is 24.2 Å². The van der Waals surface area contributed by atoms with Crippen LogP contribution < -0.4 is 15.0 Å². The summed E-state index contributed by atoms with van der Waals surface area (Å²) >= 11 is 0. The maximum absolute atomic E-state index is 12.9. The molecular weight excluding hydrogens is 410 g/mol. The summed E-state index contributed by atoms with van der Waals surface area (Å²) in [6.07, 6.45) is -0.967. The van der Waals surface area contributed by atoms with E-state index in [-0.39, 0.29) is 17.3 Å². The lowest BCUT2D eigenvalue weighted by Gasteiger charge is -2.21. The van der Waals surface area contributed by atoms with Crippen molar-refractivity contribution < 1.29 is 19.2 Å². The average Bonchev–Trinajstić information content (AvgIpc) is 2.81. The van der Waals surface area contributed by atoms with E-state index >= 15 is 0 Å². The van der Waals surface area contributed by atoms with Crippen molar-refractivity contribution in [1.29, 1.82) is 0 Å². The molecule has 32 heavy (non-hydrogen) atoms. The van der Waals surface area contributed by atoms with E-state index in [1.165, 1.54) is 25.1 Å². The third-order valence-electron chi connectivity index (χ3n) is 4.76. The molecule has 0 aliphatic carbocycles. The molecule has 0 fully saturated rings. The highest BCUT2D eigenvalue weighted by molar-refractivity contribution is 6.06. The van der Waals surface area contributed by atoms with Crippen molar-refractivity contribution in [3.05, 3.63) is 94.5 Å². The number of hydrogen-bond acceptors (Lipinski definition) is 5. The van der Waals surface area contributed by atoms with Crippen molar-refractivity contribution in [2.45, 2.75) is 20.0 Å². The van der Waals surface area contributed by atoms with Gasteiger partial charge in [-0.3, -0.25) is 19.7 Å². The predicted octanol–water partition coefficient (Wildman–Crippen LogP) is 4.67. The molecule has 0 radical (unpaired) electrons. The minimum absolute atomic E-state index is 0.0154. The first-order valence-electron chi connectivity index (χ1n) is 10.1. The van der Waals surface area contributed by atoms with Crippen LogP contribution in [-0.2, 0) is 4.79 Å². The largest absolute Gasteiger partial charge is 0.474 e.